The molecule has 4 aromatic rings. The van der Waals surface area contributed by atoms with Crippen molar-refractivity contribution in [3.8, 4) is 5.75 Å². The summed E-state index contributed by atoms with van der Waals surface area (Å²) in [6.45, 7) is 2.22. The summed E-state index contributed by atoms with van der Waals surface area (Å²) in [5.74, 6) is 0.771. The highest BCUT2D eigenvalue weighted by Gasteiger charge is 2.19. The number of methoxy groups -OCH3 is 1. The fourth-order valence-electron chi connectivity index (χ4n) is 3.29. The van der Waals surface area contributed by atoms with Crippen LogP contribution in [0.2, 0.25) is 10.0 Å². The van der Waals surface area contributed by atoms with Gasteiger partial charge in [-0.25, -0.2) is 0 Å². The molecule has 2 heterocycles. The molecule has 2 aromatic heterocycles. The van der Waals surface area contributed by atoms with Crippen LogP contribution in [0.15, 0.2) is 48.7 Å². The largest absolute Gasteiger partial charge is 0.497 e. The van der Waals surface area contributed by atoms with Crippen molar-refractivity contribution in [2.75, 3.05) is 7.11 Å². The number of Topliss-reactive ketones (excluding diaryl/α,β-unsaturated/α-hetero) is 1. The van der Waals surface area contributed by atoms with E-state index in [1.165, 1.54) is 0 Å². The number of rotatable bonds is 4. The van der Waals surface area contributed by atoms with Gasteiger partial charge in [0.15, 0.2) is 6.20 Å². The fourth-order valence-corrected chi connectivity index (χ4v) is 3.59. The van der Waals surface area contributed by atoms with Gasteiger partial charge in [0.05, 0.1) is 22.7 Å². The molecule has 0 bridgehead atoms. The second-order valence-electron chi connectivity index (χ2n) is 6.41. The van der Waals surface area contributed by atoms with Gasteiger partial charge < -0.3 is 9.72 Å². The average molecular weight is 400 g/mol. The Morgan fingerprint density at radius 1 is 1.07 bits per heavy atom. The lowest BCUT2D eigenvalue weighted by molar-refractivity contribution is -0.687. The monoisotopic (exact) mass is 399 g/mol. The van der Waals surface area contributed by atoms with Crippen LogP contribution in [0.3, 0.4) is 0 Å². The Bertz CT molecular complexity index is 1200. The van der Waals surface area contributed by atoms with E-state index in [9.17, 15) is 4.79 Å². The first-order chi connectivity index (χ1) is 13.0. The number of nitrogens with zero attached hydrogens (tertiary/aromatic N) is 1. The topological polar surface area (TPSA) is 46.0 Å². The zero-order valence-electron chi connectivity index (χ0n) is 14.8. The summed E-state index contributed by atoms with van der Waals surface area (Å²) in [6.07, 6.45) is 1.94. The number of H-pyrrole nitrogens is 1. The smallest absolute Gasteiger partial charge is 0.227 e. The Morgan fingerprint density at radius 2 is 1.89 bits per heavy atom. The third-order valence-corrected chi connectivity index (χ3v) is 5.55. The van der Waals surface area contributed by atoms with Gasteiger partial charge in [0.25, 0.3) is 0 Å². The van der Waals surface area contributed by atoms with Gasteiger partial charge in [-0.3, -0.25) is 4.79 Å². The van der Waals surface area contributed by atoms with Crippen LogP contribution in [0.1, 0.15) is 16.1 Å². The molecule has 0 saturated heterocycles. The van der Waals surface area contributed by atoms with Crippen LogP contribution >= 0.6 is 23.2 Å². The van der Waals surface area contributed by atoms with Crippen molar-refractivity contribution in [2.45, 2.75) is 13.5 Å². The first kappa shape index (κ1) is 17.8. The van der Waals surface area contributed by atoms with Crippen LogP contribution < -0.4 is 9.30 Å². The molecule has 0 aliphatic carbocycles. The molecule has 0 saturated carbocycles. The number of aryl methyl sites for hydroxylation is 1. The van der Waals surface area contributed by atoms with Gasteiger partial charge in [0, 0.05) is 35.4 Å². The number of carbonyl (C=O) groups is 1. The quantitative estimate of drug-likeness (QED) is 0.382. The second-order valence-corrected chi connectivity index (χ2v) is 7.22. The average Bonchev–Trinajstić information content (AvgIpc) is 3.04. The van der Waals surface area contributed by atoms with Crippen LogP contribution in [0.25, 0.3) is 21.8 Å². The van der Waals surface area contributed by atoms with Crippen molar-refractivity contribution in [1.82, 2.24) is 4.98 Å². The van der Waals surface area contributed by atoms with E-state index in [1.807, 2.05) is 42.0 Å². The minimum absolute atomic E-state index is 0.0289. The summed E-state index contributed by atoms with van der Waals surface area (Å²) < 4.78 is 7.23. The van der Waals surface area contributed by atoms with Crippen molar-refractivity contribution < 1.29 is 14.1 Å². The molecule has 0 aliphatic heterocycles. The molecule has 27 heavy (non-hydrogen) atoms. The maximum absolute atomic E-state index is 12.7. The first-order valence-corrected chi connectivity index (χ1v) is 9.20. The van der Waals surface area contributed by atoms with E-state index in [1.54, 1.807) is 25.3 Å². The number of fused-ring (bicyclic) bond motifs is 3. The molecule has 0 atom stereocenters. The van der Waals surface area contributed by atoms with Gasteiger partial charge >= 0.3 is 0 Å². The number of nitrogens with one attached hydrogen (secondary N) is 1. The number of aromatic nitrogens is 2. The van der Waals surface area contributed by atoms with E-state index in [4.69, 9.17) is 27.9 Å². The second kappa shape index (κ2) is 6.87. The van der Waals surface area contributed by atoms with E-state index >= 15 is 0 Å². The number of hydrogen-bond acceptors (Lipinski definition) is 2. The number of carbonyl (C=O) groups excluding carboxylic acids is 1. The molecule has 2 aromatic carbocycles. The van der Waals surface area contributed by atoms with Gasteiger partial charge in [-0.05, 0) is 30.3 Å². The lowest BCUT2D eigenvalue weighted by Gasteiger charge is -2.03. The highest BCUT2D eigenvalue weighted by molar-refractivity contribution is 6.42. The molecule has 0 fully saturated rings. The lowest BCUT2D eigenvalue weighted by atomic mass is 10.1. The first-order valence-electron chi connectivity index (χ1n) is 8.44. The van der Waals surface area contributed by atoms with Crippen molar-refractivity contribution in [3.05, 3.63) is 70.0 Å². The van der Waals surface area contributed by atoms with Crippen molar-refractivity contribution in [3.63, 3.8) is 0 Å². The number of benzene rings is 2. The summed E-state index contributed by atoms with van der Waals surface area (Å²) in [4.78, 5) is 16.1. The highest BCUT2D eigenvalue weighted by Crippen LogP contribution is 2.29. The number of aromatic amines is 1. The molecule has 0 radical (unpaired) electrons. The van der Waals surface area contributed by atoms with Crippen LogP contribution in [0.5, 0.6) is 5.75 Å². The summed E-state index contributed by atoms with van der Waals surface area (Å²) in [5, 5.41) is 3.05. The predicted octanol–water partition coefficient (Wildman–Crippen LogP) is 5.12. The van der Waals surface area contributed by atoms with Gasteiger partial charge in [-0.2, -0.15) is 4.57 Å². The Balaban J connectivity index is 1.73. The number of ether oxygens (including phenoxy) is 1. The van der Waals surface area contributed by atoms with Crippen LogP contribution in [0, 0.1) is 6.92 Å². The molecule has 0 unspecified atom stereocenters. The Labute approximate surface area is 166 Å². The Kier molecular flexibility index (Phi) is 4.54. The standard InChI is InChI=1S/C21H16Cl2N2O2/c1-12-21-16(15-5-4-14(27-2)10-19(15)24-21)7-8-25(12)11-20(26)13-3-6-17(22)18(23)9-13/h3-10H,11H2,1-2H3/p+1. The number of pyridine rings is 1. The maximum Gasteiger partial charge on any atom is 0.227 e. The molecule has 4 rings (SSSR count). The number of halogens is 2. The molecule has 0 aliphatic rings. The van der Waals surface area contributed by atoms with Crippen LogP contribution in [-0.4, -0.2) is 17.9 Å². The molecular formula is C21H17Cl2N2O2+. The van der Waals surface area contributed by atoms with Gasteiger partial charge in [0.2, 0.25) is 18.0 Å². The SMILES string of the molecule is COc1ccc2c(c1)[nH]c1c(C)[n+](CC(=O)c3ccc(Cl)c(Cl)c3)ccc12. The molecule has 136 valence electrons. The van der Waals surface area contributed by atoms with Gasteiger partial charge in [0.1, 0.15) is 11.3 Å². The minimum Gasteiger partial charge on any atom is -0.497 e. The van der Waals surface area contributed by atoms with Crippen LogP contribution in [-0.2, 0) is 6.54 Å². The number of hydrogen-bond donors (Lipinski definition) is 1. The van der Waals surface area contributed by atoms with Crippen molar-refractivity contribution in [1.29, 1.82) is 0 Å². The normalized spacial score (nSPS) is 11.3. The van der Waals surface area contributed by atoms with E-state index in [0.29, 0.717) is 15.6 Å². The van der Waals surface area contributed by atoms with E-state index in [-0.39, 0.29) is 12.3 Å². The van der Waals surface area contributed by atoms with Crippen molar-refractivity contribution >= 4 is 50.8 Å². The molecule has 0 amide bonds. The maximum atomic E-state index is 12.7. The predicted molar refractivity (Wildman–Crippen MR) is 108 cm³/mol. The van der Waals surface area contributed by atoms with Gasteiger partial charge in [-0.1, -0.05) is 23.2 Å². The summed E-state index contributed by atoms with van der Waals surface area (Å²) >= 11 is 12.0. The summed E-state index contributed by atoms with van der Waals surface area (Å²) in [5.41, 5.74) is 3.53. The zero-order chi connectivity index (χ0) is 19.1. The molecule has 0 spiro atoms. The van der Waals surface area contributed by atoms with E-state index in [0.717, 1.165) is 33.2 Å². The molecule has 6 heteroatoms. The third-order valence-electron chi connectivity index (χ3n) is 4.82. The highest BCUT2D eigenvalue weighted by atomic mass is 35.5. The number of ketones is 1. The Hall–Kier alpha value is -2.56. The van der Waals surface area contributed by atoms with Gasteiger partial charge in [-0.15, -0.1) is 0 Å². The van der Waals surface area contributed by atoms with E-state index < -0.39 is 0 Å². The Morgan fingerprint density at radius 3 is 2.63 bits per heavy atom. The lowest BCUT2D eigenvalue weighted by Crippen LogP contribution is -2.40. The summed E-state index contributed by atoms with van der Waals surface area (Å²) in [7, 11) is 1.65. The molecular weight excluding hydrogens is 383 g/mol. The third kappa shape index (κ3) is 3.15. The fraction of sp³-hybridized carbons (Fsp3) is 0.143. The minimum atomic E-state index is -0.0289. The van der Waals surface area contributed by atoms with E-state index in [2.05, 4.69) is 4.98 Å². The molecule has 4 nitrogen and oxygen atoms in total. The summed E-state index contributed by atoms with van der Waals surface area (Å²) in [6, 6.07) is 12.9. The molecule has 1 N–H and O–H groups in total. The van der Waals surface area contributed by atoms with Crippen LogP contribution in [0.4, 0.5) is 0 Å². The zero-order valence-corrected chi connectivity index (χ0v) is 16.4. The van der Waals surface area contributed by atoms with Crippen molar-refractivity contribution in [2.24, 2.45) is 0 Å².